The van der Waals surface area contributed by atoms with Crippen LogP contribution in [0.4, 0.5) is 0 Å². The van der Waals surface area contributed by atoms with Gasteiger partial charge in [-0.15, -0.1) is 11.3 Å². The summed E-state index contributed by atoms with van der Waals surface area (Å²) in [4.78, 5) is 24.9. The van der Waals surface area contributed by atoms with E-state index in [-0.39, 0.29) is 18.0 Å². The smallest absolute Gasteiger partial charge is 0.335 e. The molecule has 0 aliphatic rings. The summed E-state index contributed by atoms with van der Waals surface area (Å²) in [6, 6.07) is 19.6. The molecule has 150 valence electrons. The van der Waals surface area contributed by atoms with Gasteiger partial charge in [0.05, 0.1) is 26.0 Å². The number of aromatic nitrogens is 2. The minimum Gasteiger partial charge on any atom is -0.478 e. The van der Waals surface area contributed by atoms with Crippen molar-refractivity contribution >= 4 is 34.8 Å². The second-order valence-corrected chi connectivity index (χ2v) is 8.18. The third kappa shape index (κ3) is 4.27. The number of benzene rings is 2. The largest absolute Gasteiger partial charge is 0.478 e. The Kier molecular flexibility index (Phi) is 5.65. The van der Waals surface area contributed by atoms with Crippen molar-refractivity contribution in [3.8, 4) is 16.3 Å². The van der Waals surface area contributed by atoms with Crippen molar-refractivity contribution in [3.05, 3.63) is 94.0 Å². The first kappa shape index (κ1) is 19.9. The van der Waals surface area contributed by atoms with Crippen LogP contribution in [-0.4, -0.2) is 26.8 Å². The van der Waals surface area contributed by atoms with Gasteiger partial charge in [0.2, 0.25) is 0 Å². The van der Waals surface area contributed by atoms with Crippen LogP contribution in [-0.2, 0) is 6.54 Å². The van der Waals surface area contributed by atoms with E-state index < -0.39 is 5.97 Å². The number of rotatable bonds is 6. The highest BCUT2D eigenvalue weighted by Gasteiger charge is 2.20. The summed E-state index contributed by atoms with van der Waals surface area (Å²) in [7, 11) is 0. The van der Waals surface area contributed by atoms with Crippen molar-refractivity contribution in [2.45, 2.75) is 6.54 Å². The van der Waals surface area contributed by atoms with Crippen LogP contribution in [0.25, 0.3) is 16.3 Å². The third-order valence-corrected chi connectivity index (χ3v) is 5.65. The molecule has 0 bridgehead atoms. The molecule has 0 atom stereocenters. The fraction of sp³-hybridized carbons (Fsp3) is 0.0455. The number of aromatic carboxylic acids is 1. The molecule has 2 aromatic carbocycles. The first-order valence-electron chi connectivity index (χ1n) is 9.02. The first-order valence-corrected chi connectivity index (χ1v) is 10.2. The summed E-state index contributed by atoms with van der Waals surface area (Å²) < 4.78 is 2.26. The highest BCUT2D eigenvalue weighted by Crippen LogP contribution is 2.32. The van der Waals surface area contributed by atoms with Crippen molar-refractivity contribution < 1.29 is 14.7 Å². The number of thiophene rings is 1. The van der Waals surface area contributed by atoms with Crippen LogP contribution in [0, 0.1) is 0 Å². The second kappa shape index (κ2) is 8.52. The topological polar surface area (TPSA) is 84.2 Å². The minimum atomic E-state index is -1.01. The zero-order valence-electron chi connectivity index (χ0n) is 15.6. The molecule has 4 rings (SSSR count). The van der Waals surface area contributed by atoms with Crippen molar-refractivity contribution in [3.63, 3.8) is 0 Å². The van der Waals surface area contributed by atoms with Crippen LogP contribution in [0.5, 0.6) is 0 Å². The zero-order valence-corrected chi connectivity index (χ0v) is 17.2. The maximum absolute atomic E-state index is 13.0. The molecular formula is C22H16ClN3O3S. The van der Waals surface area contributed by atoms with Crippen LogP contribution >= 0.6 is 22.9 Å². The van der Waals surface area contributed by atoms with Gasteiger partial charge in [0.25, 0.3) is 5.91 Å². The summed E-state index contributed by atoms with van der Waals surface area (Å²) in [5.41, 5.74) is 2.64. The minimum absolute atomic E-state index is 0.174. The molecule has 0 fully saturated rings. The monoisotopic (exact) mass is 437 g/mol. The molecule has 0 spiro atoms. The second-order valence-electron chi connectivity index (χ2n) is 6.46. The SMILES string of the molecule is O=C(O)c1cccc(CNC(=O)c2cn(-c3ccccc3)nc2-c2ccc(Cl)s2)c1. The van der Waals surface area contributed by atoms with Crippen LogP contribution < -0.4 is 5.32 Å². The Morgan fingerprint density at radius 2 is 1.87 bits per heavy atom. The quantitative estimate of drug-likeness (QED) is 0.450. The van der Waals surface area contributed by atoms with E-state index in [4.69, 9.17) is 16.7 Å². The Balaban J connectivity index is 1.63. The average molecular weight is 438 g/mol. The van der Waals surface area contributed by atoms with Crippen molar-refractivity contribution in [1.29, 1.82) is 0 Å². The number of carboxylic acid groups (broad SMARTS) is 1. The van der Waals surface area contributed by atoms with Gasteiger partial charge >= 0.3 is 5.97 Å². The number of amides is 1. The van der Waals surface area contributed by atoms with Gasteiger partial charge in [-0.2, -0.15) is 5.10 Å². The lowest BCUT2D eigenvalue weighted by Gasteiger charge is -2.06. The summed E-state index contributed by atoms with van der Waals surface area (Å²) in [5, 5.41) is 16.6. The Morgan fingerprint density at radius 3 is 2.57 bits per heavy atom. The number of carbonyl (C=O) groups is 2. The predicted molar refractivity (Wildman–Crippen MR) is 116 cm³/mol. The Bertz CT molecular complexity index is 1220. The Morgan fingerprint density at radius 1 is 1.07 bits per heavy atom. The zero-order chi connectivity index (χ0) is 21.1. The van der Waals surface area contributed by atoms with Gasteiger partial charge < -0.3 is 10.4 Å². The molecule has 2 N–H and O–H groups in total. The number of para-hydroxylation sites is 1. The maximum atomic E-state index is 13.0. The summed E-state index contributed by atoms with van der Waals surface area (Å²) in [5.74, 6) is -1.32. The molecule has 0 saturated carbocycles. The highest BCUT2D eigenvalue weighted by molar-refractivity contribution is 7.19. The maximum Gasteiger partial charge on any atom is 0.335 e. The first-order chi connectivity index (χ1) is 14.5. The fourth-order valence-corrected chi connectivity index (χ4v) is 4.01. The van der Waals surface area contributed by atoms with Gasteiger partial charge in [0.15, 0.2) is 0 Å². The summed E-state index contributed by atoms with van der Waals surface area (Å²) >= 11 is 7.43. The molecule has 0 saturated heterocycles. The van der Waals surface area contributed by atoms with Gasteiger partial charge in [0, 0.05) is 12.7 Å². The van der Waals surface area contributed by atoms with E-state index in [0.717, 1.165) is 10.6 Å². The van der Waals surface area contributed by atoms with Gasteiger partial charge in [-0.25, -0.2) is 9.48 Å². The van der Waals surface area contributed by atoms with E-state index in [0.29, 0.717) is 21.2 Å². The molecule has 6 nitrogen and oxygen atoms in total. The highest BCUT2D eigenvalue weighted by atomic mass is 35.5. The molecule has 30 heavy (non-hydrogen) atoms. The number of carboxylic acids is 1. The number of halogens is 1. The number of hydrogen-bond donors (Lipinski definition) is 2. The van der Waals surface area contributed by atoms with E-state index in [1.54, 1.807) is 29.1 Å². The number of nitrogens with zero attached hydrogens (tertiary/aromatic N) is 2. The van der Waals surface area contributed by atoms with Gasteiger partial charge in [-0.3, -0.25) is 4.79 Å². The van der Waals surface area contributed by atoms with Gasteiger partial charge in [-0.05, 0) is 42.0 Å². The van der Waals surface area contributed by atoms with Crippen LogP contribution in [0.2, 0.25) is 4.34 Å². The number of carbonyl (C=O) groups excluding carboxylic acids is 1. The molecule has 8 heteroatoms. The van der Waals surface area contributed by atoms with Crippen LogP contribution in [0.1, 0.15) is 26.3 Å². The molecule has 0 radical (unpaired) electrons. The summed E-state index contributed by atoms with van der Waals surface area (Å²) in [6.07, 6.45) is 1.68. The molecule has 2 aromatic heterocycles. The number of hydrogen-bond acceptors (Lipinski definition) is 4. The van der Waals surface area contributed by atoms with Crippen molar-refractivity contribution in [2.24, 2.45) is 0 Å². The lowest BCUT2D eigenvalue weighted by molar-refractivity contribution is 0.0696. The molecule has 0 aliphatic carbocycles. The van der Waals surface area contributed by atoms with E-state index in [1.165, 1.54) is 23.5 Å². The summed E-state index contributed by atoms with van der Waals surface area (Å²) in [6.45, 7) is 0.196. The van der Waals surface area contributed by atoms with Crippen LogP contribution in [0.3, 0.4) is 0 Å². The van der Waals surface area contributed by atoms with E-state index in [1.807, 2.05) is 36.4 Å². The van der Waals surface area contributed by atoms with Crippen molar-refractivity contribution in [1.82, 2.24) is 15.1 Å². The van der Waals surface area contributed by atoms with E-state index in [9.17, 15) is 9.59 Å². The Hall–Kier alpha value is -3.42. The molecule has 1 amide bonds. The average Bonchev–Trinajstić information content (AvgIpc) is 3.39. The van der Waals surface area contributed by atoms with Crippen molar-refractivity contribution in [2.75, 3.05) is 0 Å². The lowest BCUT2D eigenvalue weighted by Crippen LogP contribution is -2.23. The molecule has 0 aliphatic heterocycles. The van der Waals surface area contributed by atoms with Gasteiger partial charge in [0.1, 0.15) is 5.69 Å². The predicted octanol–water partition coefficient (Wildman–Crippen LogP) is 4.88. The molecule has 0 unspecified atom stereocenters. The van der Waals surface area contributed by atoms with E-state index in [2.05, 4.69) is 10.4 Å². The normalized spacial score (nSPS) is 10.7. The molecule has 4 aromatic rings. The third-order valence-electron chi connectivity index (χ3n) is 4.41. The lowest BCUT2D eigenvalue weighted by atomic mass is 10.1. The standard InChI is InChI=1S/C22H16ClN3O3S/c23-19-10-9-18(30-19)20-17(13-26(25-20)16-7-2-1-3-8-16)21(27)24-12-14-5-4-6-15(11-14)22(28)29/h1-11,13H,12H2,(H,24,27)(H,28,29). The fourth-order valence-electron chi connectivity index (χ4n) is 2.97. The Labute approximate surface area is 181 Å². The van der Waals surface area contributed by atoms with Gasteiger partial charge in [-0.1, -0.05) is 41.9 Å². The van der Waals surface area contributed by atoms with Crippen LogP contribution in [0.15, 0.2) is 72.9 Å². The van der Waals surface area contributed by atoms with E-state index >= 15 is 0 Å². The molecular weight excluding hydrogens is 422 g/mol. The number of nitrogens with one attached hydrogen (secondary N) is 1. The molecule has 2 heterocycles.